The van der Waals surface area contributed by atoms with Crippen molar-refractivity contribution in [1.82, 2.24) is 4.72 Å². The molecular formula is C15H17NO3S2. The van der Waals surface area contributed by atoms with Gasteiger partial charge >= 0.3 is 0 Å². The molecule has 4 nitrogen and oxygen atoms in total. The molecule has 1 aliphatic rings. The van der Waals surface area contributed by atoms with Crippen molar-refractivity contribution in [2.45, 2.75) is 36.6 Å². The summed E-state index contributed by atoms with van der Waals surface area (Å²) in [5.74, 6) is 0. The van der Waals surface area contributed by atoms with Crippen LogP contribution in [-0.4, -0.2) is 19.6 Å². The van der Waals surface area contributed by atoms with Crippen LogP contribution in [0.15, 0.2) is 34.5 Å². The van der Waals surface area contributed by atoms with Gasteiger partial charge in [-0.05, 0) is 36.6 Å². The summed E-state index contributed by atoms with van der Waals surface area (Å²) in [5, 5.41) is 10.2. The minimum absolute atomic E-state index is 0.300. The molecule has 1 aliphatic carbocycles. The molecule has 2 N–H and O–H groups in total. The van der Waals surface area contributed by atoms with Gasteiger partial charge in [0, 0.05) is 11.3 Å². The molecule has 0 fully saturated rings. The van der Waals surface area contributed by atoms with E-state index < -0.39 is 22.2 Å². The third kappa shape index (κ3) is 2.64. The van der Waals surface area contributed by atoms with Crippen LogP contribution < -0.4 is 4.72 Å². The Labute approximate surface area is 128 Å². The zero-order valence-electron chi connectivity index (χ0n) is 11.8. The first-order valence-electron chi connectivity index (χ1n) is 6.74. The molecule has 6 heteroatoms. The Morgan fingerprint density at radius 3 is 2.67 bits per heavy atom. The number of aliphatic hydroxyl groups excluding tert-OH is 1. The third-order valence-corrected chi connectivity index (χ3v) is 6.96. The average molecular weight is 323 g/mol. The zero-order valence-corrected chi connectivity index (χ0v) is 13.5. The number of rotatable bonds is 3. The number of nitrogens with one attached hydrogen (secondary N) is 1. The number of aryl methyl sites for hydroxylation is 2. The van der Waals surface area contributed by atoms with Crippen LogP contribution >= 0.6 is 11.3 Å². The Morgan fingerprint density at radius 2 is 2.00 bits per heavy atom. The van der Waals surface area contributed by atoms with Gasteiger partial charge in [0.25, 0.3) is 10.0 Å². The third-order valence-electron chi connectivity index (χ3n) is 3.89. The first kappa shape index (κ1) is 14.7. The fourth-order valence-electron chi connectivity index (χ4n) is 2.61. The molecule has 0 spiro atoms. The van der Waals surface area contributed by atoms with E-state index in [0.29, 0.717) is 10.6 Å². The molecule has 0 amide bonds. The van der Waals surface area contributed by atoms with Gasteiger partial charge in [-0.1, -0.05) is 24.3 Å². The second-order valence-electron chi connectivity index (χ2n) is 5.37. The predicted octanol–water partition coefficient (Wildman–Crippen LogP) is 2.30. The lowest BCUT2D eigenvalue weighted by Crippen LogP contribution is -2.33. The lowest BCUT2D eigenvalue weighted by Gasteiger charge is -2.17. The van der Waals surface area contributed by atoms with Crippen molar-refractivity contribution in [2.75, 3.05) is 0 Å². The predicted molar refractivity (Wildman–Crippen MR) is 83.0 cm³/mol. The maximum absolute atomic E-state index is 12.5. The van der Waals surface area contributed by atoms with E-state index in [9.17, 15) is 13.5 Å². The molecule has 3 rings (SSSR count). The van der Waals surface area contributed by atoms with Gasteiger partial charge in [0.1, 0.15) is 4.21 Å². The van der Waals surface area contributed by atoms with Gasteiger partial charge in [0.2, 0.25) is 0 Å². The highest BCUT2D eigenvalue weighted by atomic mass is 32.2. The van der Waals surface area contributed by atoms with Crippen LogP contribution in [0, 0.1) is 13.8 Å². The zero-order chi connectivity index (χ0) is 15.2. The van der Waals surface area contributed by atoms with Gasteiger partial charge in [-0.2, -0.15) is 0 Å². The minimum atomic E-state index is -3.61. The summed E-state index contributed by atoms with van der Waals surface area (Å²) >= 11 is 1.26. The Hall–Kier alpha value is -1.21. The van der Waals surface area contributed by atoms with Crippen LogP contribution in [0.25, 0.3) is 0 Å². The van der Waals surface area contributed by atoms with E-state index in [1.165, 1.54) is 11.3 Å². The number of fused-ring (bicyclic) bond motifs is 1. The van der Waals surface area contributed by atoms with E-state index in [1.54, 1.807) is 6.07 Å². The van der Waals surface area contributed by atoms with E-state index >= 15 is 0 Å². The molecule has 1 aromatic carbocycles. The van der Waals surface area contributed by atoms with Crippen molar-refractivity contribution >= 4 is 21.4 Å². The summed E-state index contributed by atoms with van der Waals surface area (Å²) in [7, 11) is -3.61. The first-order valence-corrected chi connectivity index (χ1v) is 9.03. The maximum atomic E-state index is 12.5. The smallest absolute Gasteiger partial charge is 0.250 e. The molecule has 1 aromatic heterocycles. The van der Waals surface area contributed by atoms with E-state index in [0.717, 1.165) is 21.6 Å². The van der Waals surface area contributed by atoms with Gasteiger partial charge in [-0.25, -0.2) is 13.1 Å². The van der Waals surface area contributed by atoms with Crippen molar-refractivity contribution in [1.29, 1.82) is 0 Å². The standard InChI is InChI=1S/C15H17NO3S2/c1-9-7-14(20-10(9)2)21(18,19)16-15-12-6-4-3-5-11(12)8-13(15)17/h3-7,13,15-17H,8H2,1-2H3/t13-,15+/m1/s1. The summed E-state index contributed by atoms with van der Waals surface area (Å²) < 4.78 is 27.9. The van der Waals surface area contributed by atoms with E-state index in [4.69, 9.17) is 0 Å². The van der Waals surface area contributed by atoms with Crippen molar-refractivity contribution < 1.29 is 13.5 Å². The highest BCUT2D eigenvalue weighted by molar-refractivity contribution is 7.91. The highest BCUT2D eigenvalue weighted by Crippen LogP contribution is 2.33. The van der Waals surface area contributed by atoms with Gasteiger partial charge in [-0.15, -0.1) is 11.3 Å². The topological polar surface area (TPSA) is 66.4 Å². The number of benzene rings is 1. The monoisotopic (exact) mass is 323 g/mol. The van der Waals surface area contributed by atoms with Crippen LogP contribution in [0.4, 0.5) is 0 Å². The fourth-order valence-corrected chi connectivity index (χ4v) is 5.39. The van der Waals surface area contributed by atoms with E-state index in [2.05, 4.69) is 4.72 Å². The Balaban J connectivity index is 1.93. The summed E-state index contributed by atoms with van der Waals surface area (Å²) in [5.41, 5.74) is 2.82. The molecule has 1 heterocycles. The van der Waals surface area contributed by atoms with Crippen molar-refractivity contribution in [3.8, 4) is 0 Å². The van der Waals surface area contributed by atoms with Gasteiger partial charge in [0.15, 0.2) is 0 Å². The molecule has 112 valence electrons. The normalized spacial score (nSPS) is 21.5. The summed E-state index contributed by atoms with van der Waals surface area (Å²) in [6, 6.07) is 8.64. The van der Waals surface area contributed by atoms with E-state index in [1.807, 2.05) is 38.1 Å². The van der Waals surface area contributed by atoms with Crippen LogP contribution in [0.1, 0.15) is 27.6 Å². The van der Waals surface area contributed by atoms with Crippen LogP contribution in [0.3, 0.4) is 0 Å². The molecular weight excluding hydrogens is 306 g/mol. The molecule has 0 aliphatic heterocycles. The Bertz CT molecular complexity index is 760. The van der Waals surface area contributed by atoms with Crippen molar-refractivity contribution in [2.24, 2.45) is 0 Å². The Morgan fingerprint density at radius 1 is 1.29 bits per heavy atom. The average Bonchev–Trinajstić information content (AvgIpc) is 2.92. The van der Waals surface area contributed by atoms with Gasteiger partial charge in [0.05, 0.1) is 12.1 Å². The number of sulfonamides is 1. The second kappa shape index (κ2) is 5.21. The summed E-state index contributed by atoms with van der Waals surface area (Å²) in [6.07, 6.45) is -0.245. The summed E-state index contributed by atoms with van der Waals surface area (Å²) in [4.78, 5) is 0.989. The maximum Gasteiger partial charge on any atom is 0.250 e. The molecule has 2 atom stereocenters. The quantitative estimate of drug-likeness (QED) is 0.911. The molecule has 0 saturated heterocycles. The molecule has 0 radical (unpaired) electrons. The molecule has 21 heavy (non-hydrogen) atoms. The molecule has 0 bridgehead atoms. The first-order chi connectivity index (χ1) is 9.88. The fraction of sp³-hybridized carbons (Fsp3) is 0.333. The van der Waals surface area contributed by atoms with Crippen LogP contribution in [0.2, 0.25) is 0 Å². The number of thiophene rings is 1. The van der Waals surface area contributed by atoms with Crippen molar-refractivity contribution in [3.63, 3.8) is 0 Å². The number of aliphatic hydroxyl groups is 1. The molecule has 0 unspecified atom stereocenters. The van der Waals surface area contributed by atoms with Crippen LogP contribution in [0.5, 0.6) is 0 Å². The lowest BCUT2D eigenvalue weighted by atomic mass is 10.1. The number of hydrogen-bond donors (Lipinski definition) is 2. The van der Waals surface area contributed by atoms with Gasteiger partial charge < -0.3 is 5.11 Å². The van der Waals surface area contributed by atoms with Gasteiger partial charge in [-0.3, -0.25) is 0 Å². The largest absolute Gasteiger partial charge is 0.391 e. The summed E-state index contributed by atoms with van der Waals surface area (Å²) in [6.45, 7) is 3.79. The minimum Gasteiger partial charge on any atom is -0.391 e. The van der Waals surface area contributed by atoms with E-state index in [-0.39, 0.29) is 0 Å². The Kier molecular flexibility index (Phi) is 3.65. The van der Waals surface area contributed by atoms with Crippen molar-refractivity contribution in [3.05, 3.63) is 51.9 Å². The second-order valence-corrected chi connectivity index (χ2v) is 8.57. The number of hydrogen-bond acceptors (Lipinski definition) is 4. The SMILES string of the molecule is Cc1cc(S(=O)(=O)N[C@H]2c3ccccc3C[C@H]2O)sc1C. The molecule has 2 aromatic rings. The highest BCUT2D eigenvalue weighted by Gasteiger charge is 2.34. The lowest BCUT2D eigenvalue weighted by molar-refractivity contribution is 0.151. The molecule has 0 saturated carbocycles. The van der Waals surface area contributed by atoms with Crippen LogP contribution in [-0.2, 0) is 16.4 Å².